The third-order valence-corrected chi connectivity index (χ3v) is 4.38. The Bertz CT molecular complexity index is 456. The molecule has 5 nitrogen and oxygen atoms in total. The van der Waals surface area contributed by atoms with Gasteiger partial charge in [0.05, 0.1) is 6.33 Å². The fourth-order valence-electron chi connectivity index (χ4n) is 2.69. The van der Waals surface area contributed by atoms with E-state index in [0.717, 1.165) is 18.8 Å². The van der Waals surface area contributed by atoms with Gasteiger partial charge in [-0.3, -0.25) is 4.79 Å². The van der Waals surface area contributed by atoms with E-state index in [9.17, 15) is 4.79 Å². The topological polar surface area (TPSA) is 75.0 Å². The average molecular weight is 329 g/mol. The van der Waals surface area contributed by atoms with Crippen LogP contribution in [0.2, 0.25) is 0 Å². The summed E-state index contributed by atoms with van der Waals surface area (Å²) in [5.41, 5.74) is 5.50. The van der Waals surface area contributed by atoms with Crippen molar-refractivity contribution < 1.29 is 0 Å². The Labute approximate surface area is 121 Å². The van der Waals surface area contributed by atoms with Crippen LogP contribution in [0.15, 0.2) is 15.6 Å². The van der Waals surface area contributed by atoms with Crippen LogP contribution in [0.5, 0.6) is 0 Å². The lowest BCUT2D eigenvalue weighted by Crippen LogP contribution is -2.39. The monoisotopic (exact) mass is 328 g/mol. The maximum absolute atomic E-state index is 11.7. The molecule has 1 saturated carbocycles. The third-order valence-electron chi connectivity index (χ3n) is 3.67. The number of nitrogens with two attached hydrogens (primary N) is 1. The number of aromatic nitrogens is 2. The fraction of sp³-hybridized carbons (Fsp3) is 0.692. The second-order valence-electron chi connectivity index (χ2n) is 5.00. The van der Waals surface area contributed by atoms with E-state index in [0.29, 0.717) is 17.1 Å². The van der Waals surface area contributed by atoms with Crippen molar-refractivity contribution in [1.82, 2.24) is 9.97 Å². The summed E-state index contributed by atoms with van der Waals surface area (Å²) in [6, 6.07) is 0.478. The maximum Gasteiger partial charge on any atom is 0.267 e. The molecule has 1 aromatic rings. The van der Waals surface area contributed by atoms with Gasteiger partial charge in [-0.1, -0.05) is 19.3 Å². The van der Waals surface area contributed by atoms with Crippen molar-refractivity contribution >= 4 is 21.7 Å². The Morgan fingerprint density at radius 1 is 1.42 bits per heavy atom. The number of nitrogens with one attached hydrogen (secondary N) is 1. The number of nitrogens with zero attached hydrogens (tertiary/aromatic N) is 2. The van der Waals surface area contributed by atoms with Crippen LogP contribution in [0.25, 0.3) is 0 Å². The van der Waals surface area contributed by atoms with Gasteiger partial charge in [-0.25, -0.2) is 4.98 Å². The molecule has 0 aromatic carbocycles. The summed E-state index contributed by atoms with van der Waals surface area (Å²) in [6.07, 6.45) is 8.55. The van der Waals surface area contributed by atoms with Crippen LogP contribution < -0.4 is 16.2 Å². The standard InChI is InChI=1S/C13H21BrN4O/c14-11-12(16-9-17-13(11)19)18(8-4-7-15)10-5-2-1-3-6-10/h9-10H,1-8,15H2,(H,16,17,19). The zero-order valence-electron chi connectivity index (χ0n) is 11.1. The van der Waals surface area contributed by atoms with Gasteiger partial charge in [-0.15, -0.1) is 0 Å². The van der Waals surface area contributed by atoms with E-state index in [-0.39, 0.29) is 5.56 Å². The van der Waals surface area contributed by atoms with Gasteiger partial charge < -0.3 is 15.6 Å². The van der Waals surface area contributed by atoms with Crippen molar-refractivity contribution in [3.63, 3.8) is 0 Å². The second kappa shape index (κ2) is 7.05. The molecule has 0 aliphatic heterocycles. The molecule has 19 heavy (non-hydrogen) atoms. The molecule has 0 saturated heterocycles. The molecule has 0 unspecified atom stereocenters. The Balaban J connectivity index is 2.25. The summed E-state index contributed by atoms with van der Waals surface area (Å²) >= 11 is 3.36. The van der Waals surface area contributed by atoms with Gasteiger partial charge in [-0.2, -0.15) is 0 Å². The number of aromatic amines is 1. The number of hydrogen-bond acceptors (Lipinski definition) is 4. The predicted octanol–water partition coefficient (Wildman–Crippen LogP) is 2.02. The highest BCUT2D eigenvalue weighted by atomic mass is 79.9. The van der Waals surface area contributed by atoms with Crippen molar-refractivity contribution in [2.24, 2.45) is 5.73 Å². The van der Waals surface area contributed by atoms with Gasteiger partial charge in [0.25, 0.3) is 5.56 Å². The van der Waals surface area contributed by atoms with Crippen LogP contribution in [-0.4, -0.2) is 29.1 Å². The molecule has 0 radical (unpaired) electrons. The van der Waals surface area contributed by atoms with Crippen molar-refractivity contribution in [3.05, 3.63) is 21.2 Å². The minimum Gasteiger partial charge on any atom is -0.352 e. The fourth-order valence-corrected chi connectivity index (χ4v) is 3.13. The minimum atomic E-state index is -0.126. The van der Waals surface area contributed by atoms with Gasteiger partial charge in [-0.05, 0) is 41.7 Å². The first-order valence-electron chi connectivity index (χ1n) is 6.94. The molecule has 0 bridgehead atoms. The average Bonchev–Trinajstić information content (AvgIpc) is 2.45. The summed E-state index contributed by atoms with van der Waals surface area (Å²) in [5.74, 6) is 0.754. The lowest BCUT2D eigenvalue weighted by atomic mass is 9.94. The number of hydrogen-bond donors (Lipinski definition) is 2. The Morgan fingerprint density at radius 3 is 2.84 bits per heavy atom. The van der Waals surface area contributed by atoms with E-state index in [1.807, 2.05) is 0 Å². The molecule has 1 fully saturated rings. The first kappa shape index (κ1) is 14.5. The molecule has 0 amide bonds. The number of rotatable bonds is 5. The molecule has 1 aliphatic carbocycles. The predicted molar refractivity (Wildman–Crippen MR) is 80.4 cm³/mol. The Hall–Kier alpha value is -0.880. The summed E-state index contributed by atoms with van der Waals surface area (Å²) in [7, 11) is 0. The van der Waals surface area contributed by atoms with Gasteiger partial charge in [0.1, 0.15) is 4.47 Å². The zero-order chi connectivity index (χ0) is 13.7. The third kappa shape index (κ3) is 3.57. The number of anilines is 1. The molecule has 106 valence electrons. The summed E-state index contributed by atoms with van der Waals surface area (Å²) in [5, 5.41) is 0. The lowest BCUT2D eigenvalue weighted by molar-refractivity contribution is 0.410. The molecular formula is C13H21BrN4O. The van der Waals surface area contributed by atoms with Crippen LogP contribution in [0.1, 0.15) is 38.5 Å². The Kier molecular flexibility index (Phi) is 5.39. The van der Waals surface area contributed by atoms with Crippen LogP contribution in [0, 0.1) is 0 Å². The highest BCUT2D eigenvalue weighted by molar-refractivity contribution is 9.10. The van der Waals surface area contributed by atoms with Crippen LogP contribution in [0.4, 0.5) is 5.82 Å². The number of halogens is 1. The van der Waals surface area contributed by atoms with Gasteiger partial charge in [0.15, 0.2) is 5.82 Å². The molecule has 0 spiro atoms. The van der Waals surface area contributed by atoms with Crippen LogP contribution in [0.3, 0.4) is 0 Å². The van der Waals surface area contributed by atoms with E-state index in [1.54, 1.807) is 0 Å². The van der Waals surface area contributed by atoms with Crippen molar-refractivity contribution in [2.45, 2.75) is 44.6 Å². The summed E-state index contributed by atoms with van der Waals surface area (Å²) in [6.45, 7) is 1.51. The smallest absolute Gasteiger partial charge is 0.267 e. The number of H-pyrrole nitrogens is 1. The van der Waals surface area contributed by atoms with E-state index in [2.05, 4.69) is 30.8 Å². The van der Waals surface area contributed by atoms with Gasteiger partial charge in [0, 0.05) is 12.6 Å². The van der Waals surface area contributed by atoms with E-state index in [4.69, 9.17) is 5.73 Å². The molecular weight excluding hydrogens is 308 g/mol. The SMILES string of the molecule is NCCCN(c1nc[nH]c(=O)c1Br)C1CCCCC1. The minimum absolute atomic E-state index is 0.126. The Morgan fingerprint density at radius 2 is 2.16 bits per heavy atom. The van der Waals surface area contributed by atoms with Crippen LogP contribution >= 0.6 is 15.9 Å². The van der Waals surface area contributed by atoms with Crippen LogP contribution in [-0.2, 0) is 0 Å². The lowest BCUT2D eigenvalue weighted by Gasteiger charge is -2.35. The van der Waals surface area contributed by atoms with E-state index >= 15 is 0 Å². The molecule has 3 N–H and O–H groups in total. The highest BCUT2D eigenvalue weighted by Gasteiger charge is 2.24. The molecule has 0 atom stereocenters. The maximum atomic E-state index is 11.7. The molecule has 1 aliphatic rings. The van der Waals surface area contributed by atoms with Gasteiger partial charge in [0.2, 0.25) is 0 Å². The normalized spacial score (nSPS) is 16.5. The van der Waals surface area contributed by atoms with Crippen molar-refractivity contribution in [3.8, 4) is 0 Å². The zero-order valence-corrected chi connectivity index (χ0v) is 12.7. The molecule has 1 heterocycles. The first-order chi connectivity index (χ1) is 9.24. The van der Waals surface area contributed by atoms with E-state index in [1.165, 1.54) is 38.4 Å². The summed E-state index contributed by atoms with van der Waals surface area (Å²) < 4.78 is 0.526. The van der Waals surface area contributed by atoms with Crippen molar-refractivity contribution in [1.29, 1.82) is 0 Å². The molecule has 1 aromatic heterocycles. The highest BCUT2D eigenvalue weighted by Crippen LogP contribution is 2.29. The quantitative estimate of drug-likeness (QED) is 0.867. The largest absolute Gasteiger partial charge is 0.352 e. The first-order valence-corrected chi connectivity index (χ1v) is 7.73. The van der Waals surface area contributed by atoms with Crippen molar-refractivity contribution in [2.75, 3.05) is 18.0 Å². The second-order valence-corrected chi connectivity index (χ2v) is 5.79. The summed E-state index contributed by atoms with van der Waals surface area (Å²) in [4.78, 5) is 20.9. The molecule has 6 heteroatoms. The molecule has 2 rings (SSSR count). The van der Waals surface area contributed by atoms with E-state index < -0.39 is 0 Å². The van der Waals surface area contributed by atoms with Gasteiger partial charge >= 0.3 is 0 Å².